The monoisotopic (exact) mass is 356 g/mol. The summed E-state index contributed by atoms with van der Waals surface area (Å²) < 4.78 is 21.7. The second-order valence-electron chi connectivity index (χ2n) is 4.83. The molecule has 0 unspecified atom stereocenters. The Morgan fingerprint density at radius 2 is 2.19 bits per heavy atom. The lowest BCUT2D eigenvalue weighted by molar-refractivity contribution is 0.189. The molecule has 0 radical (unpaired) electrons. The zero-order valence-electron chi connectivity index (χ0n) is 12.2. The molecule has 0 aliphatic rings. The van der Waals surface area contributed by atoms with Crippen LogP contribution in [-0.4, -0.2) is 14.9 Å². The molecule has 1 N–H and O–H groups in total. The van der Waals surface area contributed by atoms with Crippen molar-refractivity contribution in [2.75, 3.05) is 0 Å². The summed E-state index contributed by atoms with van der Waals surface area (Å²) in [7, 11) is 1.85. The lowest BCUT2D eigenvalue weighted by Crippen LogP contribution is -2.06. The maximum atomic E-state index is 13.3. The molecule has 0 aliphatic carbocycles. The second-order valence-corrected chi connectivity index (χ2v) is 5.62. The van der Waals surface area contributed by atoms with E-state index in [2.05, 4.69) is 21.0 Å². The van der Waals surface area contributed by atoms with Crippen molar-refractivity contribution >= 4 is 15.9 Å². The second kappa shape index (κ2) is 6.58. The van der Waals surface area contributed by atoms with E-state index in [1.807, 2.05) is 14.0 Å². The Bertz CT molecular complexity index is 641. The predicted molar refractivity (Wildman–Crippen MR) is 81.7 cm³/mol. The van der Waals surface area contributed by atoms with Crippen molar-refractivity contribution in [2.45, 2.75) is 33.0 Å². The molecule has 6 heteroatoms. The van der Waals surface area contributed by atoms with Crippen molar-refractivity contribution in [3.8, 4) is 5.75 Å². The predicted octanol–water partition coefficient (Wildman–Crippen LogP) is 3.52. The third kappa shape index (κ3) is 3.44. The third-order valence-electron chi connectivity index (χ3n) is 3.29. The number of halogens is 2. The van der Waals surface area contributed by atoms with Gasteiger partial charge in [-0.3, -0.25) is 4.68 Å². The summed E-state index contributed by atoms with van der Waals surface area (Å²) in [6.07, 6.45) is 0.0288. The van der Waals surface area contributed by atoms with E-state index < -0.39 is 11.9 Å². The van der Waals surface area contributed by atoms with Gasteiger partial charge >= 0.3 is 0 Å². The molecule has 114 valence electrons. The molecular weight excluding hydrogens is 339 g/mol. The Balaban J connectivity index is 2.23. The number of benzene rings is 1. The van der Waals surface area contributed by atoms with Crippen LogP contribution >= 0.6 is 15.9 Å². The van der Waals surface area contributed by atoms with Gasteiger partial charge in [0.05, 0.1) is 22.0 Å². The molecule has 2 aromatic rings. The lowest BCUT2D eigenvalue weighted by Gasteiger charge is -2.14. The SMILES string of the molecule is CCc1nn(C)c(COc2ccc(F)cc2[C@@H](C)O)c1Br. The molecule has 0 fully saturated rings. The summed E-state index contributed by atoms with van der Waals surface area (Å²) in [5.41, 5.74) is 2.29. The zero-order chi connectivity index (χ0) is 15.6. The van der Waals surface area contributed by atoms with Gasteiger partial charge in [-0.15, -0.1) is 0 Å². The van der Waals surface area contributed by atoms with Gasteiger partial charge in [0.2, 0.25) is 0 Å². The topological polar surface area (TPSA) is 47.3 Å². The first-order chi connectivity index (χ1) is 9.93. The zero-order valence-corrected chi connectivity index (χ0v) is 13.8. The van der Waals surface area contributed by atoms with Crippen LogP contribution in [0.15, 0.2) is 22.7 Å². The molecule has 0 saturated heterocycles. The molecule has 0 bridgehead atoms. The highest BCUT2D eigenvalue weighted by Crippen LogP contribution is 2.28. The van der Waals surface area contributed by atoms with E-state index in [-0.39, 0.29) is 6.61 Å². The van der Waals surface area contributed by atoms with E-state index in [1.165, 1.54) is 18.2 Å². The Morgan fingerprint density at radius 3 is 2.76 bits per heavy atom. The van der Waals surface area contributed by atoms with Crippen LogP contribution in [0.3, 0.4) is 0 Å². The van der Waals surface area contributed by atoms with Crippen molar-refractivity contribution in [3.05, 3.63) is 45.4 Å². The largest absolute Gasteiger partial charge is 0.487 e. The number of aliphatic hydroxyl groups is 1. The minimum Gasteiger partial charge on any atom is -0.487 e. The van der Waals surface area contributed by atoms with Crippen molar-refractivity contribution in [3.63, 3.8) is 0 Å². The molecule has 4 nitrogen and oxygen atoms in total. The summed E-state index contributed by atoms with van der Waals surface area (Å²) in [6, 6.07) is 4.13. The summed E-state index contributed by atoms with van der Waals surface area (Å²) in [5.74, 6) is 0.0748. The van der Waals surface area contributed by atoms with Crippen LogP contribution in [0, 0.1) is 5.82 Å². The first kappa shape index (κ1) is 16.0. The number of aliphatic hydroxyl groups excluding tert-OH is 1. The molecule has 1 aromatic heterocycles. The number of ether oxygens (including phenoxy) is 1. The van der Waals surface area contributed by atoms with Crippen LogP contribution in [0.25, 0.3) is 0 Å². The third-order valence-corrected chi connectivity index (χ3v) is 4.20. The molecule has 1 aromatic carbocycles. The quantitative estimate of drug-likeness (QED) is 0.891. The van der Waals surface area contributed by atoms with Gasteiger partial charge in [-0.25, -0.2) is 4.39 Å². The van der Waals surface area contributed by atoms with Crippen LogP contribution in [0.5, 0.6) is 5.75 Å². The molecule has 1 atom stereocenters. The van der Waals surface area contributed by atoms with Gasteiger partial charge in [-0.05, 0) is 47.5 Å². The Hall–Kier alpha value is -1.40. The van der Waals surface area contributed by atoms with Crippen LogP contribution in [0.2, 0.25) is 0 Å². The molecule has 1 heterocycles. The van der Waals surface area contributed by atoms with Gasteiger partial charge in [-0.2, -0.15) is 5.10 Å². The van der Waals surface area contributed by atoms with Crippen LogP contribution in [-0.2, 0) is 20.1 Å². The van der Waals surface area contributed by atoms with Crippen LogP contribution in [0.4, 0.5) is 4.39 Å². The fourth-order valence-electron chi connectivity index (χ4n) is 2.10. The van der Waals surface area contributed by atoms with Crippen molar-refractivity contribution in [2.24, 2.45) is 7.05 Å². The number of aryl methyl sites for hydroxylation is 2. The first-order valence-corrected chi connectivity index (χ1v) is 7.53. The van der Waals surface area contributed by atoms with Crippen LogP contribution in [0.1, 0.15) is 36.9 Å². The van der Waals surface area contributed by atoms with E-state index in [9.17, 15) is 9.50 Å². The Morgan fingerprint density at radius 1 is 1.48 bits per heavy atom. The highest BCUT2D eigenvalue weighted by Gasteiger charge is 2.15. The summed E-state index contributed by atoms with van der Waals surface area (Å²) >= 11 is 3.52. The van der Waals surface area contributed by atoms with Crippen molar-refractivity contribution < 1.29 is 14.2 Å². The van der Waals surface area contributed by atoms with E-state index in [4.69, 9.17) is 4.74 Å². The highest BCUT2D eigenvalue weighted by atomic mass is 79.9. The van der Waals surface area contributed by atoms with Gasteiger partial charge in [0.15, 0.2) is 0 Å². The van der Waals surface area contributed by atoms with Gasteiger partial charge in [0.1, 0.15) is 18.2 Å². The summed E-state index contributed by atoms with van der Waals surface area (Å²) in [4.78, 5) is 0. The Kier molecular flexibility index (Phi) is 5.00. The van der Waals surface area contributed by atoms with E-state index >= 15 is 0 Å². The summed E-state index contributed by atoms with van der Waals surface area (Å²) in [6.45, 7) is 3.90. The fourth-order valence-corrected chi connectivity index (χ4v) is 2.83. The van der Waals surface area contributed by atoms with Crippen LogP contribution < -0.4 is 4.74 Å². The number of hydrogen-bond acceptors (Lipinski definition) is 3. The van der Waals surface area contributed by atoms with Gasteiger partial charge in [0, 0.05) is 12.6 Å². The lowest BCUT2D eigenvalue weighted by atomic mass is 10.1. The minimum atomic E-state index is -0.795. The standard InChI is InChI=1S/C15H18BrFN2O2/c1-4-12-15(16)13(19(3)18-12)8-21-14-6-5-10(17)7-11(14)9(2)20/h5-7,9,20H,4,8H2,1-3H3/t9-/m1/s1. The summed E-state index contributed by atoms with van der Waals surface area (Å²) in [5, 5.41) is 14.1. The minimum absolute atomic E-state index is 0.287. The average Bonchev–Trinajstić information content (AvgIpc) is 2.72. The van der Waals surface area contributed by atoms with Crippen molar-refractivity contribution in [1.29, 1.82) is 0 Å². The molecular formula is C15H18BrFN2O2. The van der Waals surface area contributed by atoms with E-state index in [0.29, 0.717) is 11.3 Å². The average molecular weight is 357 g/mol. The van der Waals surface area contributed by atoms with Crippen molar-refractivity contribution in [1.82, 2.24) is 9.78 Å². The molecule has 0 amide bonds. The van der Waals surface area contributed by atoms with Gasteiger partial charge in [-0.1, -0.05) is 6.92 Å². The van der Waals surface area contributed by atoms with Gasteiger partial charge < -0.3 is 9.84 Å². The number of aromatic nitrogens is 2. The molecule has 2 rings (SSSR count). The molecule has 0 aliphatic heterocycles. The molecule has 0 saturated carbocycles. The highest BCUT2D eigenvalue weighted by molar-refractivity contribution is 9.10. The number of hydrogen-bond donors (Lipinski definition) is 1. The number of rotatable bonds is 5. The van der Waals surface area contributed by atoms with E-state index in [0.717, 1.165) is 22.3 Å². The number of nitrogens with zero attached hydrogens (tertiary/aromatic N) is 2. The maximum absolute atomic E-state index is 13.3. The first-order valence-electron chi connectivity index (χ1n) is 6.74. The normalized spacial score (nSPS) is 12.5. The fraction of sp³-hybridized carbons (Fsp3) is 0.400. The molecule has 21 heavy (non-hydrogen) atoms. The maximum Gasteiger partial charge on any atom is 0.131 e. The smallest absolute Gasteiger partial charge is 0.131 e. The van der Waals surface area contributed by atoms with E-state index in [1.54, 1.807) is 11.6 Å². The Labute approximate surface area is 131 Å². The molecule has 0 spiro atoms. The van der Waals surface area contributed by atoms with Gasteiger partial charge in [0.25, 0.3) is 0 Å².